The third-order valence-electron chi connectivity index (χ3n) is 3.55. The molecule has 1 fully saturated rings. The topological polar surface area (TPSA) is 67.6 Å². The predicted octanol–water partition coefficient (Wildman–Crippen LogP) is 0.341. The number of piperidine rings is 1. The molecule has 0 saturated carbocycles. The summed E-state index contributed by atoms with van der Waals surface area (Å²) < 4.78 is 5.03. The second-order valence-electron chi connectivity index (χ2n) is 4.94. The van der Waals surface area contributed by atoms with Gasteiger partial charge in [0.25, 0.3) is 5.91 Å². The van der Waals surface area contributed by atoms with Gasteiger partial charge in [-0.15, -0.1) is 0 Å². The summed E-state index contributed by atoms with van der Waals surface area (Å²) in [7, 11) is 1.52. The van der Waals surface area contributed by atoms with Crippen LogP contribution < -0.4 is 11.1 Å². The Labute approximate surface area is 110 Å². The Kier molecular flexibility index (Phi) is 7.23. The van der Waals surface area contributed by atoms with Gasteiger partial charge in [0.05, 0.1) is 0 Å². The number of hydrogen-bond donors (Lipinski definition) is 2. The van der Waals surface area contributed by atoms with E-state index in [0.29, 0.717) is 0 Å². The van der Waals surface area contributed by atoms with Crippen molar-refractivity contribution >= 4 is 5.91 Å². The van der Waals surface area contributed by atoms with Crippen molar-refractivity contribution in [1.82, 2.24) is 10.2 Å². The van der Waals surface area contributed by atoms with Gasteiger partial charge in [-0.3, -0.25) is 4.79 Å². The third kappa shape index (κ3) is 4.92. The van der Waals surface area contributed by atoms with E-state index in [1.165, 1.54) is 26.5 Å². The lowest BCUT2D eigenvalue weighted by Crippen LogP contribution is -2.49. The van der Waals surface area contributed by atoms with Gasteiger partial charge in [0, 0.05) is 32.8 Å². The summed E-state index contributed by atoms with van der Waals surface area (Å²) in [6.07, 6.45) is 4.04. The second kappa shape index (κ2) is 8.45. The Balaban J connectivity index is 2.24. The lowest BCUT2D eigenvalue weighted by Gasteiger charge is -2.32. The first kappa shape index (κ1) is 15.4. The molecule has 5 nitrogen and oxygen atoms in total. The van der Waals surface area contributed by atoms with Crippen molar-refractivity contribution in [2.75, 3.05) is 33.3 Å². The molecular weight excluding hydrogens is 230 g/mol. The van der Waals surface area contributed by atoms with Crippen LogP contribution in [0.1, 0.15) is 32.6 Å². The molecule has 3 N–H and O–H groups in total. The van der Waals surface area contributed by atoms with E-state index in [-0.39, 0.29) is 18.5 Å². The van der Waals surface area contributed by atoms with E-state index >= 15 is 0 Å². The fourth-order valence-corrected chi connectivity index (χ4v) is 2.29. The minimum atomic E-state index is -0.511. The summed E-state index contributed by atoms with van der Waals surface area (Å²) >= 11 is 0. The molecule has 0 aromatic rings. The van der Waals surface area contributed by atoms with E-state index in [2.05, 4.69) is 17.1 Å². The first-order valence-electron chi connectivity index (χ1n) is 6.96. The highest BCUT2D eigenvalue weighted by atomic mass is 16.5. The molecule has 0 aliphatic carbocycles. The highest BCUT2D eigenvalue weighted by Crippen LogP contribution is 2.11. The van der Waals surface area contributed by atoms with Crippen molar-refractivity contribution < 1.29 is 9.53 Å². The molecule has 1 atom stereocenters. The van der Waals surface area contributed by atoms with Crippen LogP contribution in [0.25, 0.3) is 0 Å². The van der Waals surface area contributed by atoms with Crippen LogP contribution in [-0.2, 0) is 9.53 Å². The van der Waals surface area contributed by atoms with E-state index in [1.54, 1.807) is 0 Å². The molecule has 106 valence electrons. The summed E-state index contributed by atoms with van der Waals surface area (Å²) in [4.78, 5) is 14.3. The van der Waals surface area contributed by atoms with Crippen molar-refractivity contribution in [3.05, 3.63) is 0 Å². The van der Waals surface area contributed by atoms with Gasteiger partial charge in [-0.1, -0.05) is 13.3 Å². The van der Waals surface area contributed by atoms with E-state index in [0.717, 1.165) is 25.9 Å². The molecule has 0 radical (unpaired) electrons. The maximum atomic E-state index is 11.8. The van der Waals surface area contributed by atoms with E-state index in [4.69, 9.17) is 10.5 Å². The molecule has 1 saturated heterocycles. The number of rotatable bonds is 7. The number of unbranched alkanes of at least 4 members (excludes halogenated alkanes) is 1. The molecule has 1 aliphatic rings. The number of likely N-dealkylation sites (tertiary alicyclic amines) is 1. The van der Waals surface area contributed by atoms with Crippen LogP contribution >= 0.6 is 0 Å². The lowest BCUT2D eigenvalue weighted by molar-refractivity contribution is -0.131. The van der Waals surface area contributed by atoms with E-state index < -0.39 is 6.10 Å². The Bertz CT molecular complexity index is 236. The van der Waals surface area contributed by atoms with E-state index in [1.807, 2.05) is 0 Å². The Morgan fingerprint density at radius 1 is 1.50 bits per heavy atom. The number of carbonyl (C=O) groups excluding carboxylic acids is 1. The third-order valence-corrected chi connectivity index (χ3v) is 3.55. The zero-order valence-corrected chi connectivity index (χ0v) is 11.7. The normalized spacial score (nSPS) is 19.7. The van der Waals surface area contributed by atoms with Crippen molar-refractivity contribution in [3.63, 3.8) is 0 Å². The number of nitrogens with one attached hydrogen (secondary N) is 1. The highest BCUT2D eigenvalue weighted by molar-refractivity contribution is 5.81. The molecule has 1 unspecified atom stereocenters. The fraction of sp³-hybridized carbons (Fsp3) is 0.923. The van der Waals surface area contributed by atoms with Crippen molar-refractivity contribution in [1.29, 1.82) is 0 Å². The number of methoxy groups -OCH3 is 1. The van der Waals surface area contributed by atoms with Crippen LogP contribution in [0.3, 0.4) is 0 Å². The van der Waals surface area contributed by atoms with Gasteiger partial charge < -0.3 is 20.7 Å². The van der Waals surface area contributed by atoms with Crippen molar-refractivity contribution in [3.8, 4) is 0 Å². The van der Waals surface area contributed by atoms with Gasteiger partial charge in [-0.05, 0) is 25.8 Å². The summed E-state index contributed by atoms with van der Waals surface area (Å²) in [5, 5.41) is 3.03. The minimum absolute atomic E-state index is 0.0768. The maximum absolute atomic E-state index is 11.8. The second-order valence-corrected chi connectivity index (χ2v) is 4.94. The number of hydrogen-bond acceptors (Lipinski definition) is 4. The quantitative estimate of drug-likeness (QED) is 0.690. The van der Waals surface area contributed by atoms with Crippen LogP contribution in [0.4, 0.5) is 0 Å². The van der Waals surface area contributed by atoms with Gasteiger partial charge in [0.2, 0.25) is 0 Å². The molecular formula is C13H27N3O2. The molecule has 1 rings (SSSR count). The standard InChI is InChI=1S/C13H27N3O2/c1-3-4-7-16-8-5-11(6-9-16)15-13(17)12(10-14)18-2/h11-12H,3-10,14H2,1-2H3,(H,15,17). The van der Waals surface area contributed by atoms with Crippen LogP contribution in [-0.4, -0.2) is 56.2 Å². The Morgan fingerprint density at radius 3 is 2.67 bits per heavy atom. The maximum Gasteiger partial charge on any atom is 0.250 e. The molecule has 0 bridgehead atoms. The van der Waals surface area contributed by atoms with Gasteiger partial charge in [0.1, 0.15) is 6.10 Å². The van der Waals surface area contributed by atoms with Crippen LogP contribution in [0, 0.1) is 0 Å². The van der Waals surface area contributed by atoms with Crippen molar-refractivity contribution in [2.45, 2.75) is 44.8 Å². The lowest BCUT2D eigenvalue weighted by atomic mass is 10.0. The molecule has 0 aromatic heterocycles. The van der Waals surface area contributed by atoms with Crippen LogP contribution in [0.2, 0.25) is 0 Å². The molecule has 5 heteroatoms. The molecule has 1 aliphatic heterocycles. The average molecular weight is 257 g/mol. The predicted molar refractivity (Wildman–Crippen MR) is 72.4 cm³/mol. The number of nitrogens with zero attached hydrogens (tertiary/aromatic N) is 1. The summed E-state index contributed by atoms with van der Waals surface area (Å²) in [5.41, 5.74) is 5.47. The van der Waals surface area contributed by atoms with Crippen molar-refractivity contribution in [2.24, 2.45) is 5.73 Å². The molecule has 0 aromatic carbocycles. The zero-order valence-electron chi connectivity index (χ0n) is 11.7. The zero-order chi connectivity index (χ0) is 13.4. The molecule has 18 heavy (non-hydrogen) atoms. The van der Waals surface area contributed by atoms with Gasteiger partial charge in [-0.2, -0.15) is 0 Å². The number of amides is 1. The Morgan fingerprint density at radius 2 is 2.17 bits per heavy atom. The largest absolute Gasteiger partial charge is 0.370 e. The van der Waals surface area contributed by atoms with E-state index in [9.17, 15) is 4.79 Å². The molecule has 0 spiro atoms. The summed E-state index contributed by atoms with van der Waals surface area (Å²) in [5.74, 6) is -0.0768. The fourth-order valence-electron chi connectivity index (χ4n) is 2.29. The smallest absolute Gasteiger partial charge is 0.250 e. The summed E-state index contributed by atoms with van der Waals surface area (Å²) in [6, 6.07) is 0.277. The molecule has 1 amide bonds. The SMILES string of the molecule is CCCCN1CCC(NC(=O)C(CN)OC)CC1. The highest BCUT2D eigenvalue weighted by Gasteiger charge is 2.23. The van der Waals surface area contributed by atoms with Gasteiger partial charge in [-0.25, -0.2) is 0 Å². The Hall–Kier alpha value is -0.650. The first-order valence-corrected chi connectivity index (χ1v) is 6.96. The van der Waals surface area contributed by atoms with Crippen LogP contribution in [0.5, 0.6) is 0 Å². The monoisotopic (exact) mass is 257 g/mol. The summed E-state index contributed by atoms with van der Waals surface area (Å²) in [6.45, 7) is 5.78. The average Bonchev–Trinajstić information content (AvgIpc) is 2.39. The van der Waals surface area contributed by atoms with Gasteiger partial charge in [0.15, 0.2) is 0 Å². The number of nitrogens with two attached hydrogens (primary N) is 1. The van der Waals surface area contributed by atoms with Crippen LogP contribution in [0.15, 0.2) is 0 Å². The first-order chi connectivity index (χ1) is 8.71. The number of carbonyl (C=O) groups is 1. The number of ether oxygens (including phenoxy) is 1. The molecule has 1 heterocycles. The minimum Gasteiger partial charge on any atom is -0.370 e. The van der Waals surface area contributed by atoms with Gasteiger partial charge >= 0.3 is 0 Å².